The van der Waals surface area contributed by atoms with Crippen molar-refractivity contribution < 1.29 is 4.74 Å². The Hall–Kier alpha value is -1.22. The molecular weight excluding hydrogens is 299 g/mol. The highest BCUT2D eigenvalue weighted by atomic mass is 35.5. The Balaban J connectivity index is 1.80. The first-order chi connectivity index (χ1) is 9.22. The first-order valence-electron chi connectivity index (χ1n) is 5.76. The molecule has 0 saturated carbocycles. The first kappa shape index (κ1) is 12.8. The van der Waals surface area contributed by atoms with E-state index in [-0.39, 0.29) is 0 Å². The fourth-order valence-corrected chi connectivity index (χ4v) is 3.21. The van der Waals surface area contributed by atoms with Gasteiger partial charge in [-0.2, -0.15) is 0 Å². The largest absolute Gasteiger partial charge is 0.489 e. The Labute approximate surface area is 125 Å². The van der Waals surface area contributed by atoms with E-state index >= 15 is 0 Å². The zero-order valence-corrected chi connectivity index (χ0v) is 12.2. The van der Waals surface area contributed by atoms with Gasteiger partial charge in [0.25, 0.3) is 0 Å². The molecule has 1 heterocycles. The lowest BCUT2D eigenvalue weighted by Gasteiger charge is -2.05. The molecule has 19 heavy (non-hydrogen) atoms. The van der Waals surface area contributed by atoms with E-state index in [4.69, 9.17) is 27.9 Å². The quantitative estimate of drug-likeness (QED) is 0.595. The maximum Gasteiger partial charge on any atom is 0.119 e. The van der Waals surface area contributed by atoms with Gasteiger partial charge >= 0.3 is 0 Å². The molecule has 0 aliphatic rings. The van der Waals surface area contributed by atoms with Crippen LogP contribution in [0.4, 0.5) is 0 Å². The highest BCUT2D eigenvalue weighted by molar-refractivity contribution is 7.17. The molecule has 3 aromatic rings. The third kappa shape index (κ3) is 2.86. The second-order valence-corrected chi connectivity index (χ2v) is 5.93. The van der Waals surface area contributed by atoms with E-state index in [0.29, 0.717) is 11.6 Å². The van der Waals surface area contributed by atoms with Crippen LogP contribution in [0, 0.1) is 0 Å². The highest BCUT2D eigenvalue weighted by Crippen LogP contribution is 2.29. The lowest BCUT2D eigenvalue weighted by Crippen LogP contribution is -1.93. The fraction of sp³-hybridized carbons (Fsp3) is 0.0667. The average molecular weight is 309 g/mol. The van der Waals surface area contributed by atoms with Crippen LogP contribution in [0.1, 0.15) is 5.56 Å². The molecule has 0 fully saturated rings. The topological polar surface area (TPSA) is 9.23 Å². The minimum atomic E-state index is 0.545. The molecule has 1 aromatic heterocycles. The molecule has 2 aromatic carbocycles. The molecular formula is C15H10Cl2OS. The van der Waals surface area contributed by atoms with Crippen molar-refractivity contribution in [2.24, 2.45) is 0 Å². The normalized spacial score (nSPS) is 10.8. The van der Waals surface area contributed by atoms with Crippen molar-refractivity contribution in [1.29, 1.82) is 0 Å². The Morgan fingerprint density at radius 1 is 0.947 bits per heavy atom. The Morgan fingerprint density at radius 3 is 2.47 bits per heavy atom. The van der Waals surface area contributed by atoms with Gasteiger partial charge in [0, 0.05) is 20.3 Å². The van der Waals surface area contributed by atoms with E-state index in [1.54, 1.807) is 11.3 Å². The van der Waals surface area contributed by atoms with Crippen molar-refractivity contribution >= 4 is 44.6 Å². The van der Waals surface area contributed by atoms with E-state index in [1.165, 1.54) is 15.6 Å². The van der Waals surface area contributed by atoms with Gasteiger partial charge in [0.1, 0.15) is 12.4 Å². The molecule has 0 unspecified atom stereocenters. The summed E-state index contributed by atoms with van der Waals surface area (Å²) < 4.78 is 6.94. The summed E-state index contributed by atoms with van der Waals surface area (Å²) in [4.78, 5) is 0. The molecule has 0 N–H and O–H groups in total. The second kappa shape index (κ2) is 5.41. The lowest BCUT2D eigenvalue weighted by molar-refractivity contribution is 0.308. The van der Waals surface area contributed by atoms with Crippen molar-refractivity contribution in [2.75, 3.05) is 0 Å². The number of hydrogen-bond donors (Lipinski definition) is 0. The van der Waals surface area contributed by atoms with Crippen molar-refractivity contribution in [1.82, 2.24) is 0 Å². The van der Waals surface area contributed by atoms with Crippen LogP contribution in [0.5, 0.6) is 5.75 Å². The molecule has 0 spiro atoms. The minimum Gasteiger partial charge on any atom is -0.489 e. The summed E-state index contributed by atoms with van der Waals surface area (Å²) in [7, 11) is 0. The summed E-state index contributed by atoms with van der Waals surface area (Å²) in [6.07, 6.45) is 0. The number of fused-ring (bicyclic) bond motifs is 1. The first-order valence-corrected chi connectivity index (χ1v) is 7.40. The van der Waals surface area contributed by atoms with Gasteiger partial charge in [-0.25, -0.2) is 0 Å². The molecule has 0 aliphatic heterocycles. The van der Waals surface area contributed by atoms with Crippen molar-refractivity contribution in [3.05, 3.63) is 63.5 Å². The second-order valence-electron chi connectivity index (χ2n) is 4.14. The van der Waals surface area contributed by atoms with E-state index in [2.05, 4.69) is 5.38 Å². The van der Waals surface area contributed by atoms with Crippen LogP contribution in [-0.4, -0.2) is 0 Å². The summed E-state index contributed by atoms with van der Waals surface area (Å²) in [6, 6.07) is 13.3. The maximum absolute atomic E-state index is 5.98. The number of thiophene rings is 1. The van der Waals surface area contributed by atoms with E-state index in [9.17, 15) is 0 Å². The van der Waals surface area contributed by atoms with Gasteiger partial charge in [-0.3, -0.25) is 0 Å². The van der Waals surface area contributed by atoms with Crippen LogP contribution in [0.25, 0.3) is 10.1 Å². The van der Waals surface area contributed by atoms with Gasteiger partial charge in [0.15, 0.2) is 0 Å². The Morgan fingerprint density at radius 2 is 1.68 bits per heavy atom. The van der Waals surface area contributed by atoms with E-state index < -0.39 is 0 Å². The standard InChI is InChI=1S/C15H10Cl2OS/c16-11-1-4-13(5-2-11)18-8-10-9-19-15-7-12(17)3-6-14(10)15/h1-7,9H,8H2. The highest BCUT2D eigenvalue weighted by Gasteiger charge is 2.05. The van der Waals surface area contributed by atoms with Crippen LogP contribution in [0.15, 0.2) is 47.8 Å². The summed E-state index contributed by atoms with van der Waals surface area (Å²) in [5, 5.41) is 4.78. The van der Waals surface area contributed by atoms with E-state index in [0.717, 1.165) is 10.8 Å². The van der Waals surface area contributed by atoms with Crippen molar-refractivity contribution in [2.45, 2.75) is 6.61 Å². The van der Waals surface area contributed by atoms with Gasteiger partial charge in [-0.05, 0) is 47.2 Å². The van der Waals surface area contributed by atoms with Crippen molar-refractivity contribution in [3.8, 4) is 5.75 Å². The molecule has 0 saturated heterocycles. The molecule has 0 atom stereocenters. The molecule has 0 aliphatic carbocycles. The average Bonchev–Trinajstić information content (AvgIpc) is 2.80. The van der Waals surface area contributed by atoms with E-state index in [1.807, 2.05) is 42.5 Å². The summed E-state index contributed by atoms with van der Waals surface area (Å²) in [6.45, 7) is 0.545. The third-order valence-corrected chi connectivity index (χ3v) is 4.31. The maximum atomic E-state index is 5.98. The molecule has 0 bridgehead atoms. The van der Waals surface area contributed by atoms with Crippen LogP contribution in [0.2, 0.25) is 10.0 Å². The number of rotatable bonds is 3. The third-order valence-electron chi connectivity index (χ3n) is 2.83. The molecule has 0 amide bonds. The van der Waals surface area contributed by atoms with Crippen LogP contribution >= 0.6 is 34.5 Å². The monoisotopic (exact) mass is 308 g/mol. The van der Waals surface area contributed by atoms with Crippen molar-refractivity contribution in [3.63, 3.8) is 0 Å². The fourth-order valence-electron chi connectivity index (χ4n) is 1.86. The number of benzene rings is 2. The summed E-state index contributed by atoms with van der Waals surface area (Å²) >= 11 is 13.5. The van der Waals surface area contributed by atoms with Crippen LogP contribution in [-0.2, 0) is 6.61 Å². The molecule has 0 radical (unpaired) electrons. The number of halogens is 2. The van der Waals surface area contributed by atoms with Gasteiger partial charge in [-0.15, -0.1) is 11.3 Å². The predicted octanol–water partition coefficient (Wildman–Crippen LogP) is 5.79. The summed E-state index contributed by atoms with van der Waals surface area (Å²) in [5.41, 5.74) is 1.17. The zero-order chi connectivity index (χ0) is 13.2. The molecule has 4 heteroatoms. The number of ether oxygens (including phenoxy) is 1. The van der Waals surface area contributed by atoms with Crippen LogP contribution < -0.4 is 4.74 Å². The smallest absolute Gasteiger partial charge is 0.119 e. The minimum absolute atomic E-state index is 0.545. The summed E-state index contributed by atoms with van der Waals surface area (Å²) in [5.74, 6) is 0.817. The lowest BCUT2D eigenvalue weighted by atomic mass is 10.2. The molecule has 1 nitrogen and oxygen atoms in total. The van der Waals surface area contributed by atoms with Gasteiger partial charge in [0.2, 0.25) is 0 Å². The Bertz CT molecular complexity index is 704. The number of hydrogen-bond acceptors (Lipinski definition) is 2. The predicted molar refractivity (Wildman–Crippen MR) is 82.6 cm³/mol. The Kier molecular flexibility index (Phi) is 3.65. The van der Waals surface area contributed by atoms with Gasteiger partial charge in [0.05, 0.1) is 0 Å². The van der Waals surface area contributed by atoms with Gasteiger partial charge in [-0.1, -0.05) is 29.3 Å². The zero-order valence-electron chi connectivity index (χ0n) is 9.90. The molecule has 96 valence electrons. The SMILES string of the molecule is Clc1ccc(OCc2csc3cc(Cl)ccc23)cc1. The van der Waals surface area contributed by atoms with Gasteiger partial charge < -0.3 is 4.74 Å². The van der Waals surface area contributed by atoms with Crippen LogP contribution in [0.3, 0.4) is 0 Å². The molecule has 3 rings (SSSR count).